The second-order valence-electron chi connectivity index (χ2n) is 3.80. The zero-order valence-electron chi connectivity index (χ0n) is 9.58. The number of hydrogen-bond acceptors (Lipinski definition) is 4. The highest BCUT2D eigenvalue weighted by Gasteiger charge is 2.15. The maximum Gasteiger partial charge on any atom is 0.100 e. The van der Waals surface area contributed by atoms with E-state index in [-0.39, 0.29) is 12.0 Å². The van der Waals surface area contributed by atoms with E-state index in [4.69, 9.17) is 10.00 Å². The number of nitrogens with one attached hydrogen (secondary N) is 1. The lowest BCUT2D eigenvalue weighted by atomic mass is 10.0. The molecule has 0 aliphatic carbocycles. The van der Waals surface area contributed by atoms with Gasteiger partial charge in [0.1, 0.15) is 6.04 Å². The molecule has 0 fully saturated rings. The van der Waals surface area contributed by atoms with Gasteiger partial charge >= 0.3 is 0 Å². The molecule has 0 saturated heterocycles. The van der Waals surface area contributed by atoms with Crippen LogP contribution in [-0.2, 0) is 4.74 Å². The largest absolute Gasteiger partial charge is 0.384 e. The van der Waals surface area contributed by atoms with Crippen molar-refractivity contribution in [1.82, 2.24) is 10.2 Å². The number of hydrogen-bond donors (Lipinski definition) is 1. The van der Waals surface area contributed by atoms with E-state index in [0.717, 1.165) is 13.1 Å². The summed E-state index contributed by atoms with van der Waals surface area (Å²) >= 11 is 0. The normalized spacial score (nSPS) is 15.1. The highest BCUT2D eigenvalue weighted by molar-refractivity contribution is 4.93. The molecule has 4 nitrogen and oxygen atoms in total. The third-order valence-electron chi connectivity index (χ3n) is 2.06. The summed E-state index contributed by atoms with van der Waals surface area (Å²) in [4.78, 5) is 2.09. The van der Waals surface area contributed by atoms with Gasteiger partial charge in [-0.15, -0.1) is 0 Å². The Bertz CT molecular complexity index is 177. The number of rotatable bonds is 7. The first-order chi connectivity index (χ1) is 6.61. The lowest BCUT2D eigenvalue weighted by molar-refractivity contribution is 0.148. The van der Waals surface area contributed by atoms with E-state index in [0.29, 0.717) is 6.61 Å². The van der Waals surface area contributed by atoms with Crippen molar-refractivity contribution in [3.05, 3.63) is 0 Å². The third kappa shape index (κ3) is 5.92. The van der Waals surface area contributed by atoms with Crippen LogP contribution < -0.4 is 5.32 Å². The van der Waals surface area contributed by atoms with Crippen LogP contribution in [0.25, 0.3) is 0 Å². The first kappa shape index (κ1) is 13.4. The van der Waals surface area contributed by atoms with E-state index < -0.39 is 0 Å². The number of ether oxygens (including phenoxy) is 1. The number of nitriles is 1. The summed E-state index contributed by atoms with van der Waals surface area (Å²) in [5, 5.41) is 12.1. The van der Waals surface area contributed by atoms with Crippen molar-refractivity contribution in [3.8, 4) is 6.07 Å². The maximum absolute atomic E-state index is 8.91. The molecule has 82 valence electrons. The van der Waals surface area contributed by atoms with Crippen molar-refractivity contribution in [2.45, 2.75) is 13.0 Å². The monoisotopic (exact) mass is 199 g/mol. The van der Waals surface area contributed by atoms with Crippen LogP contribution in [0.3, 0.4) is 0 Å². The van der Waals surface area contributed by atoms with Crippen molar-refractivity contribution >= 4 is 0 Å². The summed E-state index contributed by atoms with van der Waals surface area (Å²) in [5.74, 6) is 0.229. The molecule has 0 amide bonds. The molecule has 0 heterocycles. The molecule has 0 saturated carbocycles. The fourth-order valence-corrected chi connectivity index (χ4v) is 1.18. The molecule has 0 bridgehead atoms. The Morgan fingerprint density at radius 1 is 1.50 bits per heavy atom. The predicted octanol–water partition coefficient (Wildman–Crippen LogP) is 0.312. The fourth-order valence-electron chi connectivity index (χ4n) is 1.18. The molecule has 2 atom stereocenters. The second kappa shape index (κ2) is 7.74. The first-order valence-electron chi connectivity index (χ1n) is 4.88. The maximum atomic E-state index is 8.91. The molecule has 0 aromatic rings. The minimum absolute atomic E-state index is 0.116. The first-order valence-corrected chi connectivity index (χ1v) is 4.88. The summed E-state index contributed by atoms with van der Waals surface area (Å²) in [7, 11) is 5.69. The molecule has 0 aromatic carbocycles. The Kier molecular flexibility index (Phi) is 7.40. The van der Waals surface area contributed by atoms with E-state index >= 15 is 0 Å². The molecular formula is C10H21N3O. The Balaban J connectivity index is 3.74. The molecule has 0 radical (unpaired) electrons. The van der Waals surface area contributed by atoms with Crippen LogP contribution in [0.5, 0.6) is 0 Å². The third-order valence-corrected chi connectivity index (χ3v) is 2.06. The van der Waals surface area contributed by atoms with E-state index in [9.17, 15) is 0 Å². The Hall–Kier alpha value is -0.630. The molecule has 0 aromatic heterocycles. The summed E-state index contributed by atoms with van der Waals surface area (Å²) in [6.45, 7) is 4.41. The average molecular weight is 199 g/mol. The van der Waals surface area contributed by atoms with Crippen LogP contribution in [0.15, 0.2) is 0 Å². The summed E-state index contributed by atoms with van der Waals surface area (Å²) < 4.78 is 5.01. The molecule has 2 unspecified atom stereocenters. The van der Waals surface area contributed by atoms with Gasteiger partial charge in [0.15, 0.2) is 0 Å². The fraction of sp³-hybridized carbons (Fsp3) is 0.900. The standard InChI is InChI=1S/C10H21N3O/c1-9(8-14-4)10(7-11)12-5-6-13(2)3/h9-10,12H,5-6,8H2,1-4H3. The summed E-state index contributed by atoms with van der Waals surface area (Å²) in [6.07, 6.45) is 0. The van der Waals surface area contributed by atoms with Crippen molar-refractivity contribution in [2.24, 2.45) is 5.92 Å². The highest BCUT2D eigenvalue weighted by Crippen LogP contribution is 2.01. The Morgan fingerprint density at radius 2 is 2.14 bits per heavy atom. The smallest absolute Gasteiger partial charge is 0.100 e. The van der Waals surface area contributed by atoms with Crippen LogP contribution in [0.1, 0.15) is 6.92 Å². The van der Waals surface area contributed by atoms with Gasteiger partial charge in [0.25, 0.3) is 0 Å². The van der Waals surface area contributed by atoms with Crippen molar-refractivity contribution in [2.75, 3.05) is 40.9 Å². The van der Waals surface area contributed by atoms with Gasteiger partial charge in [0.05, 0.1) is 12.7 Å². The average Bonchev–Trinajstić information content (AvgIpc) is 2.12. The van der Waals surface area contributed by atoms with E-state index in [1.54, 1.807) is 7.11 Å². The van der Waals surface area contributed by atoms with Crippen LogP contribution in [0, 0.1) is 17.2 Å². The summed E-state index contributed by atoms with van der Waals surface area (Å²) in [5.41, 5.74) is 0. The number of likely N-dealkylation sites (N-methyl/N-ethyl adjacent to an activating group) is 1. The SMILES string of the molecule is COCC(C)C(C#N)NCCN(C)C. The van der Waals surface area contributed by atoms with Crippen LogP contribution >= 0.6 is 0 Å². The van der Waals surface area contributed by atoms with Gasteiger partial charge in [-0.2, -0.15) is 5.26 Å². The minimum Gasteiger partial charge on any atom is -0.384 e. The number of nitrogens with zero attached hydrogens (tertiary/aromatic N) is 2. The highest BCUT2D eigenvalue weighted by atomic mass is 16.5. The van der Waals surface area contributed by atoms with Gasteiger partial charge in [0.2, 0.25) is 0 Å². The van der Waals surface area contributed by atoms with Gasteiger partial charge in [-0.1, -0.05) is 6.92 Å². The molecule has 0 spiro atoms. The topological polar surface area (TPSA) is 48.3 Å². The lowest BCUT2D eigenvalue weighted by Gasteiger charge is -2.19. The Morgan fingerprint density at radius 3 is 2.57 bits per heavy atom. The van der Waals surface area contributed by atoms with Crippen LogP contribution in [0.2, 0.25) is 0 Å². The Labute approximate surface area is 86.8 Å². The molecule has 0 aliphatic heterocycles. The van der Waals surface area contributed by atoms with Crippen molar-refractivity contribution in [1.29, 1.82) is 5.26 Å². The number of methoxy groups -OCH3 is 1. The predicted molar refractivity (Wildman–Crippen MR) is 57.0 cm³/mol. The molecule has 1 N–H and O–H groups in total. The second-order valence-corrected chi connectivity index (χ2v) is 3.80. The van der Waals surface area contributed by atoms with Crippen LogP contribution in [-0.4, -0.2) is 51.8 Å². The molecule has 0 aliphatic rings. The zero-order chi connectivity index (χ0) is 11.0. The summed E-state index contributed by atoms with van der Waals surface area (Å²) in [6, 6.07) is 2.13. The van der Waals surface area contributed by atoms with Gasteiger partial charge in [0, 0.05) is 26.1 Å². The van der Waals surface area contributed by atoms with E-state index in [1.165, 1.54) is 0 Å². The van der Waals surface area contributed by atoms with Gasteiger partial charge in [-0.25, -0.2) is 0 Å². The quantitative estimate of drug-likeness (QED) is 0.641. The van der Waals surface area contributed by atoms with E-state index in [2.05, 4.69) is 16.3 Å². The minimum atomic E-state index is -0.116. The van der Waals surface area contributed by atoms with Crippen molar-refractivity contribution < 1.29 is 4.74 Å². The zero-order valence-corrected chi connectivity index (χ0v) is 9.58. The molecular weight excluding hydrogens is 178 g/mol. The van der Waals surface area contributed by atoms with E-state index in [1.807, 2.05) is 21.0 Å². The van der Waals surface area contributed by atoms with Gasteiger partial charge in [-0.3, -0.25) is 0 Å². The molecule has 0 rings (SSSR count). The molecule has 4 heteroatoms. The van der Waals surface area contributed by atoms with Crippen LogP contribution in [0.4, 0.5) is 0 Å². The lowest BCUT2D eigenvalue weighted by Crippen LogP contribution is -2.39. The molecule has 14 heavy (non-hydrogen) atoms. The van der Waals surface area contributed by atoms with Gasteiger partial charge < -0.3 is 15.0 Å². The van der Waals surface area contributed by atoms with Gasteiger partial charge in [-0.05, 0) is 14.1 Å². The van der Waals surface area contributed by atoms with Crippen molar-refractivity contribution in [3.63, 3.8) is 0 Å².